The molecule has 0 heterocycles. The van der Waals surface area contributed by atoms with Crippen molar-refractivity contribution in [3.8, 4) is 0 Å². The van der Waals surface area contributed by atoms with Crippen molar-refractivity contribution in [1.29, 1.82) is 0 Å². The summed E-state index contributed by atoms with van der Waals surface area (Å²) in [5.74, 6) is -1.18. The molecule has 2 atom stereocenters. The predicted molar refractivity (Wildman–Crippen MR) is 105 cm³/mol. The highest BCUT2D eigenvalue weighted by atomic mass is 16.5. The minimum absolute atomic E-state index is 0.0465. The fourth-order valence-corrected chi connectivity index (χ4v) is 2.77. The number of hydrogen-bond donors (Lipinski definition) is 2. The van der Waals surface area contributed by atoms with Gasteiger partial charge in [-0.25, -0.2) is 4.79 Å². The minimum Gasteiger partial charge on any atom is -0.459 e. The van der Waals surface area contributed by atoms with Crippen LogP contribution in [0.15, 0.2) is 91.0 Å². The van der Waals surface area contributed by atoms with Gasteiger partial charge >= 0.3 is 5.97 Å². The van der Waals surface area contributed by atoms with Crippen LogP contribution in [0.25, 0.3) is 0 Å². The average Bonchev–Trinajstić information content (AvgIpc) is 2.77. The molecule has 3 aromatic carbocycles. The third-order valence-corrected chi connectivity index (χ3v) is 4.26. The first kappa shape index (κ1) is 19.3. The SMILES string of the molecule is O=C(NC(c1ccccc1)[C@@H](O)C(=O)OCc1ccccc1)c1ccccc1. The van der Waals surface area contributed by atoms with E-state index in [-0.39, 0.29) is 12.5 Å². The Morgan fingerprint density at radius 2 is 1.36 bits per heavy atom. The van der Waals surface area contributed by atoms with Crippen LogP contribution in [0.5, 0.6) is 0 Å². The van der Waals surface area contributed by atoms with Crippen molar-refractivity contribution >= 4 is 11.9 Å². The topological polar surface area (TPSA) is 75.6 Å². The number of ether oxygens (including phenoxy) is 1. The summed E-state index contributed by atoms with van der Waals surface area (Å²) in [7, 11) is 0. The molecule has 0 saturated heterocycles. The Morgan fingerprint density at radius 1 is 0.821 bits per heavy atom. The van der Waals surface area contributed by atoms with E-state index in [0.29, 0.717) is 11.1 Å². The Morgan fingerprint density at radius 3 is 1.96 bits per heavy atom. The molecule has 3 aromatic rings. The van der Waals surface area contributed by atoms with Crippen molar-refractivity contribution in [2.75, 3.05) is 0 Å². The lowest BCUT2D eigenvalue weighted by atomic mass is 10.0. The Bertz CT molecular complexity index is 898. The first-order valence-corrected chi connectivity index (χ1v) is 8.94. The van der Waals surface area contributed by atoms with Crippen LogP contribution in [-0.4, -0.2) is 23.1 Å². The Hall–Kier alpha value is -3.44. The summed E-state index contributed by atoms with van der Waals surface area (Å²) < 4.78 is 5.24. The number of aliphatic hydroxyl groups excluding tert-OH is 1. The van der Waals surface area contributed by atoms with E-state index in [2.05, 4.69) is 5.32 Å². The predicted octanol–water partition coefficient (Wildman–Crippen LogP) is 3.26. The monoisotopic (exact) mass is 375 g/mol. The molecule has 0 spiro atoms. The van der Waals surface area contributed by atoms with Crippen molar-refractivity contribution < 1.29 is 19.4 Å². The summed E-state index contributed by atoms with van der Waals surface area (Å²) in [5.41, 5.74) is 1.86. The number of hydrogen-bond acceptors (Lipinski definition) is 4. The summed E-state index contributed by atoms with van der Waals surface area (Å²) in [5, 5.41) is 13.4. The van der Waals surface area contributed by atoms with Crippen LogP contribution >= 0.6 is 0 Å². The molecule has 5 heteroatoms. The van der Waals surface area contributed by atoms with Crippen molar-refractivity contribution in [1.82, 2.24) is 5.32 Å². The Kier molecular flexibility index (Phi) is 6.54. The molecular weight excluding hydrogens is 354 g/mol. The van der Waals surface area contributed by atoms with Crippen LogP contribution in [0.4, 0.5) is 0 Å². The van der Waals surface area contributed by atoms with Gasteiger partial charge in [0.05, 0.1) is 6.04 Å². The second-order valence-corrected chi connectivity index (χ2v) is 6.27. The third-order valence-electron chi connectivity index (χ3n) is 4.26. The molecule has 0 aliphatic heterocycles. The standard InChI is InChI=1S/C23H21NO4/c25-21(23(27)28-16-17-10-4-1-5-11-17)20(18-12-6-2-7-13-18)24-22(26)19-14-8-3-9-15-19/h1-15,20-21,25H,16H2,(H,24,26)/t20?,21-/m1/s1. The zero-order valence-corrected chi connectivity index (χ0v) is 15.2. The molecule has 0 aliphatic carbocycles. The maximum atomic E-state index is 12.6. The van der Waals surface area contributed by atoms with Gasteiger partial charge in [0.1, 0.15) is 6.61 Å². The molecule has 3 rings (SSSR count). The summed E-state index contributed by atoms with van der Waals surface area (Å²) in [6.45, 7) is 0.0465. The molecule has 1 unspecified atom stereocenters. The summed E-state index contributed by atoms with van der Waals surface area (Å²) in [6, 6.07) is 25.7. The van der Waals surface area contributed by atoms with Crippen molar-refractivity contribution in [3.63, 3.8) is 0 Å². The van der Waals surface area contributed by atoms with Crippen molar-refractivity contribution in [2.45, 2.75) is 18.8 Å². The van der Waals surface area contributed by atoms with E-state index in [1.165, 1.54) is 0 Å². The van der Waals surface area contributed by atoms with E-state index in [9.17, 15) is 14.7 Å². The fourth-order valence-electron chi connectivity index (χ4n) is 2.77. The van der Waals surface area contributed by atoms with Gasteiger partial charge < -0.3 is 15.2 Å². The zero-order valence-electron chi connectivity index (χ0n) is 15.2. The summed E-state index contributed by atoms with van der Waals surface area (Å²) >= 11 is 0. The number of aliphatic hydroxyl groups is 1. The van der Waals surface area contributed by atoms with Gasteiger partial charge in [-0.3, -0.25) is 4.79 Å². The van der Waals surface area contributed by atoms with Gasteiger partial charge in [-0.05, 0) is 23.3 Å². The largest absolute Gasteiger partial charge is 0.459 e. The van der Waals surface area contributed by atoms with Gasteiger partial charge in [-0.15, -0.1) is 0 Å². The molecule has 0 bridgehead atoms. The van der Waals surface area contributed by atoms with E-state index < -0.39 is 18.1 Å². The summed E-state index contributed by atoms with van der Waals surface area (Å²) in [6.07, 6.45) is -1.54. The highest BCUT2D eigenvalue weighted by Crippen LogP contribution is 2.19. The second-order valence-electron chi connectivity index (χ2n) is 6.27. The quantitative estimate of drug-likeness (QED) is 0.622. The van der Waals surface area contributed by atoms with Crippen LogP contribution in [-0.2, 0) is 16.1 Å². The zero-order chi connectivity index (χ0) is 19.8. The van der Waals surface area contributed by atoms with Crippen LogP contribution in [0, 0.1) is 0 Å². The van der Waals surface area contributed by atoms with E-state index in [1.54, 1.807) is 54.6 Å². The maximum absolute atomic E-state index is 12.6. The van der Waals surface area contributed by atoms with Crippen LogP contribution < -0.4 is 5.32 Å². The van der Waals surface area contributed by atoms with Gasteiger partial charge in [0.15, 0.2) is 6.10 Å². The molecule has 0 aliphatic rings. The number of carbonyl (C=O) groups is 2. The highest BCUT2D eigenvalue weighted by Gasteiger charge is 2.30. The first-order valence-electron chi connectivity index (χ1n) is 8.94. The minimum atomic E-state index is -1.54. The van der Waals surface area contributed by atoms with E-state index in [0.717, 1.165) is 5.56 Å². The molecule has 0 fully saturated rings. The second kappa shape index (κ2) is 9.48. The van der Waals surface area contributed by atoms with Crippen molar-refractivity contribution in [2.24, 2.45) is 0 Å². The van der Waals surface area contributed by atoms with E-state index >= 15 is 0 Å². The van der Waals surface area contributed by atoms with Gasteiger partial charge in [0.2, 0.25) is 0 Å². The maximum Gasteiger partial charge on any atom is 0.337 e. The molecular formula is C23H21NO4. The van der Waals surface area contributed by atoms with Gasteiger partial charge in [0.25, 0.3) is 5.91 Å². The lowest BCUT2D eigenvalue weighted by molar-refractivity contribution is -0.156. The molecule has 142 valence electrons. The van der Waals surface area contributed by atoms with Crippen LogP contribution in [0.3, 0.4) is 0 Å². The molecule has 0 aromatic heterocycles. The van der Waals surface area contributed by atoms with Gasteiger partial charge in [-0.1, -0.05) is 78.9 Å². The summed E-state index contributed by atoms with van der Waals surface area (Å²) in [4.78, 5) is 25.0. The number of rotatable bonds is 7. The number of carbonyl (C=O) groups excluding carboxylic acids is 2. The van der Waals surface area contributed by atoms with E-state index in [1.807, 2.05) is 36.4 Å². The average molecular weight is 375 g/mol. The molecule has 5 nitrogen and oxygen atoms in total. The highest BCUT2D eigenvalue weighted by molar-refractivity contribution is 5.94. The lowest BCUT2D eigenvalue weighted by Crippen LogP contribution is -2.41. The number of nitrogens with one attached hydrogen (secondary N) is 1. The first-order chi connectivity index (χ1) is 13.6. The molecule has 0 radical (unpaired) electrons. The lowest BCUT2D eigenvalue weighted by Gasteiger charge is -2.23. The molecule has 2 N–H and O–H groups in total. The Labute approximate surface area is 163 Å². The number of amides is 1. The Balaban J connectivity index is 1.74. The van der Waals surface area contributed by atoms with Crippen LogP contribution in [0.1, 0.15) is 27.5 Å². The molecule has 28 heavy (non-hydrogen) atoms. The third kappa shape index (κ3) is 5.05. The molecule has 1 amide bonds. The number of benzene rings is 3. The smallest absolute Gasteiger partial charge is 0.337 e. The van der Waals surface area contributed by atoms with E-state index in [4.69, 9.17) is 4.74 Å². The van der Waals surface area contributed by atoms with Gasteiger partial charge in [0, 0.05) is 5.56 Å². The fraction of sp³-hybridized carbons (Fsp3) is 0.130. The number of esters is 1. The van der Waals surface area contributed by atoms with Gasteiger partial charge in [-0.2, -0.15) is 0 Å². The normalized spacial score (nSPS) is 12.6. The van der Waals surface area contributed by atoms with Crippen LogP contribution in [0.2, 0.25) is 0 Å². The van der Waals surface area contributed by atoms with Crippen molar-refractivity contribution in [3.05, 3.63) is 108 Å². The molecule has 0 saturated carbocycles.